The van der Waals surface area contributed by atoms with Crippen molar-refractivity contribution in [3.8, 4) is 0 Å². The highest BCUT2D eigenvalue weighted by Crippen LogP contribution is 2.22. The van der Waals surface area contributed by atoms with Gasteiger partial charge in [0.15, 0.2) is 0 Å². The standard InChI is InChI=1S/C20H14Cl2N2O2/c21-15-5-1-3-7-17(15)23-19(25)13-9-11-14(12-10-13)20(26)24-18-8-4-2-6-16(18)22/h1-12H,(H,23,25)(H,24,26). The third kappa shape index (κ3) is 4.23. The zero-order valence-corrected chi connectivity index (χ0v) is 15.0. The normalized spacial score (nSPS) is 10.2. The maximum Gasteiger partial charge on any atom is 0.255 e. The van der Waals surface area contributed by atoms with Crippen molar-refractivity contribution in [2.45, 2.75) is 0 Å². The summed E-state index contributed by atoms with van der Waals surface area (Å²) in [7, 11) is 0. The summed E-state index contributed by atoms with van der Waals surface area (Å²) in [5.74, 6) is -0.618. The molecule has 0 spiro atoms. The van der Waals surface area contributed by atoms with Gasteiger partial charge in [-0.05, 0) is 48.5 Å². The van der Waals surface area contributed by atoms with Gasteiger partial charge in [0.1, 0.15) is 0 Å². The Morgan fingerprint density at radius 1 is 0.577 bits per heavy atom. The van der Waals surface area contributed by atoms with Crippen LogP contribution in [0.25, 0.3) is 0 Å². The molecule has 3 aromatic carbocycles. The number of rotatable bonds is 4. The van der Waals surface area contributed by atoms with Crippen molar-refractivity contribution >= 4 is 46.4 Å². The van der Waals surface area contributed by atoms with E-state index in [1.807, 2.05) is 0 Å². The van der Waals surface area contributed by atoms with Crippen LogP contribution in [-0.2, 0) is 0 Å². The summed E-state index contributed by atoms with van der Waals surface area (Å²) in [5.41, 5.74) is 1.89. The minimum Gasteiger partial charge on any atom is -0.321 e. The first-order chi connectivity index (χ1) is 12.5. The molecule has 0 atom stereocenters. The van der Waals surface area contributed by atoms with Crippen molar-refractivity contribution in [1.82, 2.24) is 0 Å². The molecular formula is C20H14Cl2N2O2. The number of anilines is 2. The van der Waals surface area contributed by atoms with Crippen molar-refractivity contribution in [3.63, 3.8) is 0 Å². The second-order valence-corrected chi connectivity index (χ2v) is 6.26. The number of halogens is 2. The van der Waals surface area contributed by atoms with Crippen molar-refractivity contribution < 1.29 is 9.59 Å². The molecule has 0 saturated carbocycles. The summed E-state index contributed by atoms with van der Waals surface area (Å²) in [6.45, 7) is 0. The Morgan fingerprint density at radius 2 is 0.923 bits per heavy atom. The number of nitrogens with one attached hydrogen (secondary N) is 2. The average Bonchev–Trinajstić information content (AvgIpc) is 2.65. The molecule has 4 nitrogen and oxygen atoms in total. The molecule has 3 aromatic rings. The van der Waals surface area contributed by atoms with Crippen LogP contribution >= 0.6 is 23.2 Å². The molecule has 130 valence electrons. The van der Waals surface area contributed by atoms with E-state index in [0.717, 1.165) is 0 Å². The first-order valence-corrected chi connectivity index (χ1v) is 8.52. The Hall–Kier alpha value is -2.82. The molecule has 0 fully saturated rings. The lowest BCUT2D eigenvalue weighted by atomic mass is 10.1. The van der Waals surface area contributed by atoms with Crippen LogP contribution in [0, 0.1) is 0 Å². The van der Waals surface area contributed by atoms with Gasteiger partial charge in [0.05, 0.1) is 21.4 Å². The molecule has 0 unspecified atom stereocenters. The fourth-order valence-electron chi connectivity index (χ4n) is 2.29. The van der Waals surface area contributed by atoms with E-state index in [2.05, 4.69) is 10.6 Å². The van der Waals surface area contributed by atoms with Gasteiger partial charge in [-0.2, -0.15) is 0 Å². The van der Waals surface area contributed by atoms with Crippen LogP contribution in [0.5, 0.6) is 0 Å². The van der Waals surface area contributed by atoms with Gasteiger partial charge >= 0.3 is 0 Å². The number of hydrogen-bond donors (Lipinski definition) is 2. The van der Waals surface area contributed by atoms with Gasteiger partial charge in [-0.15, -0.1) is 0 Å². The van der Waals surface area contributed by atoms with E-state index < -0.39 is 0 Å². The summed E-state index contributed by atoms with van der Waals surface area (Å²) in [4.78, 5) is 24.6. The fourth-order valence-corrected chi connectivity index (χ4v) is 2.65. The van der Waals surface area contributed by atoms with E-state index in [1.165, 1.54) is 0 Å². The van der Waals surface area contributed by atoms with Gasteiger partial charge in [0.25, 0.3) is 11.8 Å². The zero-order valence-electron chi connectivity index (χ0n) is 13.5. The lowest BCUT2D eigenvalue weighted by Crippen LogP contribution is -2.14. The van der Waals surface area contributed by atoms with Crippen LogP contribution in [0.4, 0.5) is 11.4 Å². The van der Waals surface area contributed by atoms with Crippen LogP contribution in [-0.4, -0.2) is 11.8 Å². The van der Waals surface area contributed by atoms with E-state index in [1.54, 1.807) is 72.8 Å². The van der Waals surface area contributed by atoms with Gasteiger partial charge in [-0.1, -0.05) is 47.5 Å². The van der Waals surface area contributed by atoms with E-state index >= 15 is 0 Å². The van der Waals surface area contributed by atoms with Crippen molar-refractivity contribution in [2.75, 3.05) is 10.6 Å². The van der Waals surface area contributed by atoms with Crippen molar-refractivity contribution in [3.05, 3.63) is 94.0 Å². The number of amides is 2. The third-order valence-electron chi connectivity index (χ3n) is 3.65. The summed E-state index contributed by atoms with van der Waals surface area (Å²) >= 11 is 12.1. The molecule has 0 aliphatic carbocycles. The Morgan fingerprint density at radius 3 is 1.27 bits per heavy atom. The molecule has 0 heterocycles. The van der Waals surface area contributed by atoms with Gasteiger partial charge in [-0.25, -0.2) is 0 Å². The van der Waals surface area contributed by atoms with E-state index in [4.69, 9.17) is 23.2 Å². The number of carbonyl (C=O) groups is 2. The second kappa shape index (κ2) is 8.04. The molecule has 3 rings (SSSR count). The van der Waals surface area contributed by atoms with Crippen LogP contribution in [0.15, 0.2) is 72.8 Å². The van der Waals surface area contributed by atoms with Gasteiger partial charge in [0, 0.05) is 11.1 Å². The summed E-state index contributed by atoms with van der Waals surface area (Å²) in [6.07, 6.45) is 0. The Balaban J connectivity index is 1.70. The van der Waals surface area contributed by atoms with Crippen LogP contribution < -0.4 is 10.6 Å². The van der Waals surface area contributed by atoms with Gasteiger partial charge in [0.2, 0.25) is 0 Å². The van der Waals surface area contributed by atoms with Gasteiger partial charge < -0.3 is 10.6 Å². The molecule has 0 aliphatic heterocycles. The monoisotopic (exact) mass is 384 g/mol. The lowest BCUT2D eigenvalue weighted by Gasteiger charge is -2.09. The predicted molar refractivity (Wildman–Crippen MR) is 105 cm³/mol. The topological polar surface area (TPSA) is 58.2 Å². The molecule has 0 radical (unpaired) electrons. The summed E-state index contributed by atoms with van der Waals surface area (Å²) in [5, 5.41) is 6.38. The zero-order chi connectivity index (χ0) is 18.5. The fraction of sp³-hybridized carbons (Fsp3) is 0. The molecule has 2 N–H and O–H groups in total. The quantitative estimate of drug-likeness (QED) is 0.623. The smallest absolute Gasteiger partial charge is 0.255 e. The number of benzene rings is 3. The van der Waals surface area contributed by atoms with E-state index in [9.17, 15) is 9.59 Å². The molecule has 0 bridgehead atoms. The van der Waals surface area contributed by atoms with Crippen molar-refractivity contribution in [2.24, 2.45) is 0 Å². The molecular weight excluding hydrogens is 371 g/mol. The highest BCUT2D eigenvalue weighted by Gasteiger charge is 2.11. The average molecular weight is 385 g/mol. The summed E-state index contributed by atoms with van der Waals surface area (Å²) in [6, 6.07) is 20.3. The minimum absolute atomic E-state index is 0.309. The summed E-state index contributed by atoms with van der Waals surface area (Å²) < 4.78 is 0. The SMILES string of the molecule is O=C(Nc1ccccc1Cl)c1ccc(C(=O)Nc2ccccc2Cl)cc1. The maximum atomic E-state index is 12.3. The predicted octanol–water partition coefficient (Wildman–Crippen LogP) is 5.50. The Bertz CT molecular complexity index is 878. The van der Waals surface area contributed by atoms with E-state index in [0.29, 0.717) is 32.5 Å². The highest BCUT2D eigenvalue weighted by atomic mass is 35.5. The first kappa shape index (κ1) is 18.0. The van der Waals surface area contributed by atoms with Crippen molar-refractivity contribution in [1.29, 1.82) is 0 Å². The highest BCUT2D eigenvalue weighted by molar-refractivity contribution is 6.34. The first-order valence-electron chi connectivity index (χ1n) is 7.76. The van der Waals surface area contributed by atoms with Gasteiger partial charge in [-0.3, -0.25) is 9.59 Å². The minimum atomic E-state index is -0.309. The third-order valence-corrected chi connectivity index (χ3v) is 4.31. The Labute approximate surface area is 160 Å². The van der Waals surface area contributed by atoms with E-state index in [-0.39, 0.29) is 11.8 Å². The number of hydrogen-bond acceptors (Lipinski definition) is 2. The van der Waals surface area contributed by atoms with Crippen LogP contribution in [0.3, 0.4) is 0 Å². The maximum absolute atomic E-state index is 12.3. The Kier molecular flexibility index (Phi) is 5.56. The molecule has 0 aliphatic rings. The molecule has 0 saturated heterocycles. The molecule has 0 aromatic heterocycles. The molecule has 6 heteroatoms. The molecule has 26 heavy (non-hydrogen) atoms. The number of carbonyl (C=O) groups excluding carboxylic acids is 2. The van der Waals surface area contributed by atoms with Crippen LogP contribution in [0.1, 0.15) is 20.7 Å². The number of para-hydroxylation sites is 2. The lowest BCUT2D eigenvalue weighted by molar-refractivity contribution is 0.101. The van der Waals surface area contributed by atoms with Crippen LogP contribution in [0.2, 0.25) is 10.0 Å². The second-order valence-electron chi connectivity index (χ2n) is 5.45. The largest absolute Gasteiger partial charge is 0.321 e. The molecule has 2 amide bonds.